The first-order chi connectivity index (χ1) is 10.5. The zero-order chi connectivity index (χ0) is 16.0. The molecule has 5 nitrogen and oxygen atoms in total. The molecule has 0 atom stereocenters. The van der Waals surface area contributed by atoms with E-state index in [1.807, 2.05) is 26.0 Å². The number of hydrogen-bond acceptors (Lipinski definition) is 2. The average Bonchev–Trinajstić information content (AvgIpc) is 2.93. The normalized spacial score (nSPS) is 12.6. The van der Waals surface area contributed by atoms with Gasteiger partial charge in [-0.05, 0) is 38.3 Å². The van der Waals surface area contributed by atoms with Gasteiger partial charge in [0, 0.05) is 31.4 Å². The number of nitrogens with one attached hydrogen (secondary N) is 3. The molecule has 0 saturated heterocycles. The topological polar surface area (TPSA) is 61.4 Å². The lowest BCUT2D eigenvalue weighted by molar-refractivity contribution is 0.0268. The van der Waals surface area contributed by atoms with Gasteiger partial charge in [0.05, 0.1) is 12.1 Å². The van der Waals surface area contributed by atoms with Crippen molar-refractivity contribution < 1.29 is 4.74 Å². The van der Waals surface area contributed by atoms with Crippen LogP contribution in [0.3, 0.4) is 0 Å². The zero-order valence-corrected chi connectivity index (χ0v) is 13.9. The highest BCUT2D eigenvalue weighted by Crippen LogP contribution is 2.15. The number of rotatable bonds is 6. The van der Waals surface area contributed by atoms with Crippen LogP contribution in [0.25, 0.3) is 10.9 Å². The molecule has 0 aliphatic heterocycles. The molecule has 0 amide bonds. The molecule has 0 bridgehead atoms. The lowest BCUT2D eigenvalue weighted by Gasteiger charge is -2.24. The Morgan fingerprint density at radius 2 is 2.05 bits per heavy atom. The largest absolute Gasteiger partial charge is 0.377 e. The number of benzene rings is 1. The van der Waals surface area contributed by atoms with Gasteiger partial charge in [0.1, 0.15) is 0 Å². The van der Waals surface area contributed by atoms with Gasteiger partial charge in [-0.2, -0.15) is 0 Å². The van der Waals surface area contributed by atoms with E-state index in [0.29, 0.717) is 13.1 Å². The van der Waals surface area contributed by atoms with Gasteiger partial charge in [-0.3, -0.25) is 0 Å². The van der Waals surface area contributed by atoms with Gasteiger partial charge >= 0.3 is 0 Å². The van der Waals surface area contributed by atoms with Gasteiger partial charge in [0.2, 0.25) is 0 Å². The van der Waals surface area contributed by atoms with E-state index in [1.165, 1.54) is 5.39 Å². The molecule has 120 valence electrons. The molecular weight excluding hydrogens is 276 g/mol. The molecule has 1 aromatic carbocycles. The van der Waals surface area contributed by atoms with Crippen LogP contribution in [0.5, 0.6) is 0 Å². The van der Waals surface area contributed by atoms with Crippen LogP contribution in [0, 0.1) is 0 Å². The van der Waals surface area contributed by atoms with Crippen LogP contribution in [0.4, 0.5) is 0 Å². The standard InChI is InChI=1S/C17H26N4O/c1-5-18-16(20-12-17(2,3)22-4)19-11-14-10-13-8-6-7-9-15(13)21-14/h6-10,21H,5,11-12H2,1-4H3,(H2,18,19,20). The second-order valence-electron chi connectivity index (χ2n) is 5.89. The Morgan fingerprint density at radius 3 is 2.73 bits per heavy atom. The summed E-state index contributed by atoms with van der Waals surface area (Å²) in [6.45, 7) is 8.27. The molecule has 3 N–H and O–H groups in total. The fourth-order valence-corrected chi connectivity index (χ4v) is 2.09. The zero-order valence-electron chi connectivity index (χ0n) is 13.9. The van der Waals surface area contributed by atoms with Gasteiger partial charge in [0.25, 0.3) is 0 Å². The van der Waals surface area contributed by atoms with E-state index >= 15 is 0 Å². The minimum atomic E-state index is -0.225. The van der Waals surface area contributed by atoms with Crippen molar-refractivity contribution in [2.45, 2.75) is 32.9 Å². The summed E-state index contributed by atoms with van der Waals surface area (Å²) >= 11 is 0. The quantitative estimate of drug-likeness (QED) is 0.568. The summed E-state index contributed by atoms with van der Waals surface area (Å²) in [6, 6.07) is 10.4. The Hall–Kier alpha value is -2.01. The fourth-order valence-electron chi connectivity index (χ4n) is 2.09. The predicted molar refractivity (Wildman–Crippen MR) is 92.2 cm³/mol. The van der Waals surface area contributed by atoms with E-state index in [4.69, 9.17) is 4.74 Å². The summed E-state index contributed by atoms with van der Waals surface area (Å²) in [6.07, 6.45) is 0. The van der Waals surface area contributed by atoms with Crippen LogP contribution < -0.4 is 10.6 Å². The summed E-state index contributed by atoms with van der Waals surface area (Å²) < 4.78 is 5.42. The number of H-pyrrole nitrogens is 1. The van der Waals surface area contributed by atoms with Crippen molar-refractivity contribution in [3.8, 4) is 0 Å². The van der Waals surface area contributed by atoms with Crippen molar-refractivity contribution in [1.82, 2.24) is 15.6 Å². The highest BCUT2D eigenvalue weighted by molar-refractivity contribution is 5.81. The third-order valence-corrected chi connectivity index (χ3v) is 3.57. The van der Waals surface area contributed by atoms with E-state index in [2.05, 4.69) is 45.7 Å². The molecule has 0 saturated carbocycles. The Morgan fingerprint density at radius 1 is 1.27 bits per heavy atom. The molecule has 0 aliphatic rings. The molecule has 0 aliphatic carbocycles. The van der Waals surface area contributed by atoms with Crippen LogP contribution in [0.2, 0.25) is 0 Å². The molecule has 22 heavy (non-hydrogen) atoms. The number of aromatic amines is 1. The maximum absolute atomic E-state index is 5.42. The number of nitrogens with zero attached hydrogens (tertiary/aromatic N) is 1. The van der Waals surface area contributed by atoms with Crippen molar-refractivity contribution in [3.63, 3.8) is 0 Å². The molecule has 5 heteroatoms. The van der Waals surface area contributed by atoms with Crippen molar-refractivity contribution in [2.24, 2.45) is 4.99 Å². The summed E-state index contributed by atoms with van der Waals surface area (Å²) in [5, 5.41) is 7.78. The molecule has 0 fully saturated rings. The highest BCUT2D eigenvalue weighted by atomic mass is 16.5. The van der Waals surface area contributed by atoms with Gasteiger partial charge in [-0.1, -0.05) is 18.2 Å². The minimum Gasteiger partial charge on any atom is -0.377 e. The number of para-hydroxylation sites is 1. The Bertz CT molecular complexity index is 597. The van der Waals surface area contributed by atoms with Crippen molar-refractivity contribution in [3.05, 3.63) is 36.0 Å². The van der Waals surface area contributed by atoms with Crippen molar-refractivity contribution in [1.29, 1.82) is 0 Å². The lowest BCUT2D eigenvalue weighted by Crippen LogP contribution is -2.45. The maximum Gasteiger partial charge on any atom is 0.191 e. The SMILES string of the molecule is CCNC(=NCc1cc2ccccc2[nH]1)NCC(C)(C)OC. The van der Waals surface area contributed by atoms with Crippen LogP contribution in [0.15, 0.2) is 35.3 Å². The Labute approximate surface area is 132 Å². The monoisotopic (exact) mass is 302 g/mol. The van der Waals surface area contributed by atoms with Crippen LogP contribution in [-0.2, 0) is 11.3 Å². The van der Waals surface area contributed by atoms with Crippen molar-refractivity contribution >= 4 is 16.9 Å². The summed E-state index contributed by atoms with van der Waals surface area (Å²) in [5.74, 6) is 0.797. The molecule has 0 radical (unpaired) electrons. The summed E-state index contributed by atoms with van der Waals surface area (Å²) in [4.78, 5) is 8.01. The number of guanidine groups is 1. The molecule has 1 aromatic heterocycles. The van der Waals surface area contributed by atoms with Crippen LogP contribution >= 0.6 is 0 Å². The number of ether oxygens (including phenoxy) is 1. The van der Waals surface area contributed by atoms with Crippen LogP contribution in [-0.4, -0.2) is 36.7 Å². The number of hydrogen-bond donors (Lipinski definition) is 3. The summed E-state index contributed by atoms with van der Waals surface area (Å²) in [5.41, 5.74) is 2.02. The third kappa shape index (κ3) is 4.49. The molecule has 0 spiro atoms. The minimum absolute atomic E-state index is 0.225. The summed E-state index contributed by atoms with van der Waals surface area (Å²) in [7, 11) is 1.72. The molecule has 1 heterocycles. The van der Waals surface area contributed by atoms with E-state index in [1.54, 1.807) is 7.11 Å². The smallest absolute Gasteiger partial charge is 0.191 e. The van der Waals surface area contributed by atoms with Gasteiger partial charge in [0.15, 0.2) is 5.96 Å². The van der Waals surface area contributed by atoms with E-state index in [0.717, 1.165) is 23.7 Å². The van der Waals surface area contributed by atoms with Gasteiger partial charge < -0.3 is 20.4 Å². The van der Waals surface area contributed by atoms with E-state index < -0.39 is 0 Å². The fraction of sp³-hybridized carbons (Fsp3) is 0.471. The van der Waals surface area contributed by atoms with E-state index in [9.17, 15) is 0 Å². The number of methoxy groups -OCH3 is 1. The van der Waals surface area contributed by atoms with Gasteiger partial charge in [-0.15, -0.1) is 0 Å². The molecule has 0 unspecified atom stereocenters. The Balaban J connectivity index is 2.02. The number of aromatic nitrogens is 1. The second-order valence-corrected chi connectivity index (χ2v) is 5.89. The Kier molecular flexibility index (Phi) is 5.44. The lowest BCUT2D eigenvalue weighted by atomic mass is 10.1. The van der Waals surface area contributed by atoms with Crippen molar-refractivity contribution in [2.75, 3.05) is 20.2 Å². The van der Waals surface area contributed by atoms with Gasteiger partial charge in [-0.25, -0.2) is 4.99 Å². The molecule has 2 aromatic rings. The first-order valence-corrected chi connectivity index (χ1v) is 7.68. The highest BCUT2D eigenvalue weighted by Gasteiger charge is 2.16. The number of aliphatic imine (C=N–C) groups is 1. The third-order valence-electron chi connectivity index (χ3n) is 3.57. The maximum atomic E-state index is 5.42. The first-order valence-electron chi connectivity index (χ1n) is 7.68. The average molecular weight is 302 g/mol. The second kappa shape index (κ2) is 7.31. The molecule has 2 rings (SSSR count). The number of fused-ring (bicyclic) bond motifs is 1. The van der Waals surface area contributed by atoms with E-state index in [-0.39, 0.29) is 5.60 Å². The predicted octanol–water partition coefficient (Wildman–Crippen LogP) is 2.65. The first kappa shape index (κ1) is 16.4. The molecular formula is C17H26N4O. The van der Waals surface area contributed by atoms with Crippen LogP contribution in [0.1, 0.15) is 26.5 Å².